The van der Waals surface area contributed by atoms with Crippen molar-refractivity contribution < 1.29 is 39.5 Å². The number of carboxylic acid groups (broad SMARTS) is 1. The number of carbonyl (C=O) groups is 1. The fourth-order valence-electron chi connectivity index (χ4n) is 0.717. The number of hydrogen-bond donors (Lipinski definition) is 2. The van der Waals surface area contributed by atoms with E-state index in [0.717, 1.165) is 0 Å². The van der Waals surface area contributed by atoms with Crippen molar-refractivity contribution in [2.24, 2.45) is 5.73 Å². The molecule has 5 nitrogen and oxygen atoms in total. The molecule has 1 heterocycles. The summed E-state index contributed by atoms with van der Waals surface area (Å²) in [4.78, 5) is 16.6. The molecule has 0 fully saturated rings. The van der Waals surface area contributed by atoms with Gasteiger partial charge >= 0.3 is 29.6 Å². The largest absolute Gasteiger partial charge is 1.00 e. The minimum atomic E-state index is -1.25. The number of aliphatic carboxylic acids is 1. The van der Waals surface area contributed by atoms with Crippen LogP contribution in [0.1, 0.15) is 5.69 Å². The minimum absolute atomic E-state index is 0. The van der Waals surface area contributed by atoms with Crippen LogP contribution in [0.5, 0.6) is 0 Å². The summed E-state index contributed by atoms with van der Waals surface area (Å²) in [6.45, 7) is 0. The second-order valence-corrected chi connectivity index (χ2v) is 2.21. The van der Waals surface area contributed by atoms with E-state index in [1.54, 1.807) is 0 Å². The average molecular weight is 177 g/mol. The van der Waals surface area contributed by atoms with Gasteiger partial charge in [0.2, 0.25) is 0 Å². The number of H-pyrrole nitrogens is 1. The molecule has 0 spiro atoms. The molecule has 0 aliphatic heterocycles. The zero-order valence-electron chi connectivity index (χ0n) is 6.78. The fourth-order valence-corrected chi connectivity index (χ4v) is 0.717. The van der Waals surface area contributed by atoms with Crippen molar-refractivity contribution >= 4 is 5.97 Å². The van der Waals surface area contributed by atoms with Crippen molar-refractivity contribution in [3.63, 3.8) is 0 Å². The standard InChI is InChI=1S/C6H9N3O2.Na/c7-5(6(10)11)1-4-2-8-3-9-4;/h2-3,5H,1,7H2,(H,8,9)(H,10,11);/q;+1/p-1. The molecular weight excluding hydrogens is 169 g/mol. The minimum Gasteiger partial charge on any atom is -0.548 e. The van der Waals surface area contributed by atoms with Crippen LogP contribution in [-0.4, -0.2) is 22.0 Å². The van der Waals surface area contributed by atoms with E-state index in [-0.39, 0.29) is 36.0 Å². The quantitative estimate of drug-likeness (QED) is 0.452. The zero-order valence-corrected chi connectivity index (χ0v) is 8.78. The summed E-state index contributed by atoms with van der Waals surface area (Å²) < 4.78 is 0. The van der Waals surface area contributed by atoms with Gasteiger partial charge in [0.25, 0.3) is 0 Å². The predicted molar refractivity (Wildman–Crippen MR) is 35.3 cm³/mol. The van der Waals surface area contributed by atoms with Gasteiger partial charge in [-0.05, 0) is 0 Å². The van der Waals surface area contributed by atoms with Crippen LogP contribution in [0.15, 0.2) is 12.5 Å². The first kappa shape index (κ1) is 11.6. The molecule has 0 aliphatic rings. The number of nitrogens with one attached hydrogen (secondary N) is 1. The van der Waals surface area contributed by atoms with Gasteiger partial charge < -0.3 is 20.6 Å². The van der Waals surface area contributed by atoms with Gasteiger partial charge in [-0.25, -0.2) is 4.98 Å². The molecule has 1 rings (SSSR count). The number of carboxylic acids is 1. The van der Waals surface area contributed by atoms with Crippen LogP contribution < -0.4 is 40.4 Å². The average Bonchev–Trinajstić information content (AvgIpc) is 2.39. The summed E-state index contributed by atoms with van der Waals surface area (Å²) in [6, 6.07) is -0.963. The van der Waals surface area contributed by atoms with Gasteiger partial charge in [-0.15, -0.1) is 0 Å². The number of aromatic nitrogens is 2. The number of rotatable bonds is 3. The van der Waals surface area contributed by atoms with Gasteiger partial charge in [0.15, 0.2) is 0 Å². The number of nitrogens with zero attached hydrogens (tertiary/aromatic N) is 1. The third-order valence-corrected chi connectivity index (χ3v) is 1.30. The van der Waals surface area contributed by atoms with E-state index in [4.69, 9.17) is 5.73 Å². The Bertz CT molecular complexity index is 237. The molecule has 0 saturated carbocycles. The van der Waals surface area contributed by atoms with Crippen molar-refractivity contribution in [2.45, 2.75) is 12.5 Å². The van der Waals surface area contributed by atoms with Gasteiger partial charge in [0, 0.05) is 24.4 Å². The first-order chi connectivity index (χ1) is 5.20. The van der Waals surface area contributed by atoms with Gasteiger partial charge in [0.05, 0.1) is 12.3 Å². The Morgan fingerprint density at radius 2 is 2.50 bits per heavy atom. The molecule has 0 saturated heterocycles. The normalized spacial score (nSPS) is 11.8. The number of nitrogens with two attached hydrogens (primary N) is 1. The monoisotopic (exact) mass is 177 g/mol. The molecule has 0 amide bonds. The second-order valence-electron chi connectivity index (χ2n) is 2.21. The maximum absolute atomic E-state index is 10.2. The third-order valence-electron chi connectivity index (χ3n) is 1.30. The Morgan fingerprint density at radius 1 is 1.83 bits per heavy atom. The van der Waals surface area contributed by atoms with Gasteiger partial charge in [-0.1, -0.05) is 0 Å². The van der Waals surface area contributed by atoms with Crippen LogP contribution in [0.4, 0.5) is 0 Å². The molecule has 1 aromatic heterocycles. The van der Waals surface area contributed by atoms with Crippen molar-refractivity contribution in [3.05, 3.63) is 18.2 Å². The molecule has 1 atom stereocenters. The molecule has 0 bridgehead atoms. The Hall–Kier alpha value is -0.360. The third kappa shape index (κ3) is 3.36. The summed E-state index contributed by atoms with van der Waals surface area (Å²) in [7, 11) is 0. The van der Waals surface area contributed by atoms with Crippen molar-refractivity contribution in [1.29, 1.82) is 0 Å². The zero-order chi connectivity index (χ0) is 8.27. The Kier molecular flexibility index (Phi) is 5.16. The number of imidazole rings is 1. The van der Waals surface area contributed by atoms with Gasteiger partial charge in [-0.3, -0.25) is 0 Å². The molecule has 3 N–H and O–H groups in total. The van der Waals surface area contributed by atoms with E-state index in [0.29, 0.717) is 5.69 Å². The van der Waals surface area contributed by atoms with Gasteiger partial charge in [-0.2, -0.15) is 0 Å². The number of carbonyl (C=O) groups excluding carboxylic acids is 1. The Labute approximate surface area is 91.7 Å². The van der Waals surface area contributed by atoms with Crippen molar-refractivity contribution in [2.75, 3.05) is 0 Å². The van der Waals surface area contributed by atoms with Crippen LogP contribution >= 0.6 is 0 Å². The maximum Gasteiger partial charge on any atom is 1.00 e. The van der Waals surface area contributed by atoms with Crippen molar-refractivity contribution in [3.8, 4) is 0 Å². The second kappa shape index (κ2) is 5.31. The summed E-state index contributed by atoms with van der Waals surface area (Å²) in [5.74, 6) is -1.25. The fraction of sp³-hybridized carbons (Fsp3) is 0.333. The van der Waals surface area contributed by atoms with Gasteiger partial charge in [0.1, 0.15) is 0 Å². The van der Waals surface area contributed by atoms with E-state index in [2.05, 4.69) is 9.97 Å². The van der Waals surface area contributed by atoms with Crippen LogP contribution in [0.3, 0.4) is 0 Å². The van der Waals surface area contributed by atoms with Crippen LogP contribution in [0, 0.1) is 0 Å². The summed E-state index contributed by atoms with van der Waals surface area (Å²) in [6.07, 6.45) is 3.22. The first-order valence-electron chi connectivity index (χ1n) is 3.14. The molecule has 0 aromatic carbocycles. The van der Waals surface area contributed by atoms with E-state index in [1.807, 2.05) is 0 Å². The molecule has 1 unspecified atom stereocenters. The predicted octanol–water partition coefficient (Wildman–Crippen LogP) is -4.97. The Morgan fingerprint density at radius 3 is 2.92 bits per heavy atom. The summed E-state index contributed by atoms with van der Waals surface area (Å²) >= 11 is 0. The molecule has 12 heavy (non-hydrogen) atoms. The maximum atomic E-state index is 10.2. The van der Waals surface area contributed by atoms with E-state index in [9.17, 15) is 9.90 Å². The van der Waals surface area contributed by atoms with Crippen LogP contribution in [-0.2, 0) is 11.2 Å². The Balaban J connectivity index is 0.00000121. The summed E-state index contributed by atoms with van der Waals surface area (Å²) in [5, 5.41) is 10.2. The molecular formula is C6H8N3NaO2. The number of aromatic amines is 1. The number of hydrogen-bond acceptors (Lipinski definition) is 4. The molecule has 0 radical (unpaired) electrons. The molecule has 6 heteroatoms. The summed E-state index contributed by atoms with van der Waals surface area (Å²) in [5.41, 5.74) is 5.89. The smallest absolute Gasteiger partial charge is 0.548 e. The SMILES string of the molecule is NC(Cc1cnc[nH]1)C(=O)[O-].[Na+]. The molecule has 0 aliphatic carbocycles. The van der Waals surface area contributed by atoms with E-state index >= 15 is 0 Å². The topological polar surface area (TPSA) is 94.8 Å². The first-order valence-corrected chi connectivity index (χ1v) is 3.14. The molecule has 1 aromatic rings. The van der Waals surface area contributed by atoms with E-state index in [1.165, 1.54) is 12.5 Å². The van der Waals surface area contributed by atoms with Crippen LogP contribution in [0.2, 0.25) is 0 Å². The van der Waals surface area contributed by atoms with E-state index < -0.39 is 12.0 Å². The van der Waals surface area contributed by atoms with Crippen molar-refractivity contribution in [1.82, 2.24) is 9.97 Å². The molecule has 60 valence electrons. The van der Waals surface area contributed by atoms with Crippen LogP contribution in [0.25, 0.3) is 0 Å².